The number of benzene rings is 1. The third kappa shape index (κ3) is 1.60. The molecule has 0 fully saturated rings. The van der Waals surface area contributed by atoms with Crippen LogP contribution in [-0.2, 0) is 17.7 Å². The predicted octanol–water partition coefficient (Wildman–Crippen LogP) is 1.68. The molecular formula is C11H15NO. The Morgan fingerprint density at radius 1 is 1.31 bits per heavy atom. The largest absolute Gasteiger partial charge is 0.301 e. The van der Waals surface area contributed by atoms with Gasteiger partial charge >= 0.3 is 0 Å². The lowest BCUT2D eigenvalue weighted by Gasteiger charge is -2.15. The number of hydrogen-bond donors (Lipinski definition) is 1. The van der Waals surface area contributed by atoms with Crippen molar-refractivity contribution in [3.63, 3.8) is 0 Å². The third-order valence-corrected chi connectivity index (χ3v) is 2.96. The zero-order chi connectivity index (χ0) is 9.26. The van der Waals surface area contributed by atoms with E-state index in [1.807, 2.05) is 6.92 Å². The summed E-state index contributed by atoms with van der Waals surface area (Å²) >= 11 is 0. The second-order valence-corrected chi connectivity index (χ2v) is 3.78. The lowest BCUT2D eigenvalue weighted by atomic mass is 10.0. The minimum atomic E-state index is 0.160. The molecule has 1 aliphatic carbocycles. The maximum atomic E-state index is 5.19. The molecule has 0 bridgehead atoms. The minimum Gasteiger partial charge on any atom is -0.301 e. The van der Waals surface area contributed by atoms with Gasteiger partial charge in [0.25, 0.3) is 0 Å². The van der Waals surface area contributed by atoms with Gasteiger partial charge in [-0.2, -0.15) is 0 Å². The molecule has 0 radical (unpaired) electrons. The summed E-state index contributed by atoms with van der Waals surface area (Å²) < 4.78 is 0. The summed E-state index contributed by atoms with van der Waals surface area (Å²) in [6.07, 6.45) is 2.37. The van der Waals surface area contributed by atoms with Crippen molar-refractivity contribution in [2.75, 3.05) is 0 Å². The maximum Gasteiger partial charge on any atom is 0.0793 e. The first-order valence-electron chi connectivity index (χ1n) is 4.73. The summed E-state index contributed by atoms with van der Waals surface area (Å²) in [6, 6.07) is 8.57. The van der Waals surface area contributed by atoms with E-state index in [2.05, 4.69) is 24.3 Å². The summed E-state index contributed by atoms with van der Waals surface area (Å²) in [4.78, 5) is 4.87. The first-order valence-corrected chi connectivity index (χ1v) is 4.73. The molecule has 0 saturated carbocycles. The Morgan fingerprint density at radius 3 is 2.31 bits per heavy atom. The van der Waals surface area contributed by atoms with Gasteiger partial charge in [-0.1, -0.05) is 24.3 Å². The first kappa shape index (κ1) is 8.73. The van der Waals surface area contributed by atoms with Crippen LogP contribution in [0, 0.1) is 5.92 Å². The zero-order valence-corrected chi connectivity index (χ0v) is 7.86. The Labute approximate surface area is 78.7 Å². The number of hydrogen-bond acceptors (Lipinski definition) is 2. The lowest BCUT2D eigenvalue weighted by Crippen LogP contribution is -2.24. The second kappa shape index (κ2) is 3.48. The summed E-state index contributed by atoms with van der Waals surface area (Å²) in [5, 5.41) is 0. The third-order valence-electron chi connectivity index (χ3n) is 2.96. The van der Waals surface area contributed by atoms with Gasteiger partial charge in [0.15, 0.2) is 0 Å². The highest BCUT2D eigenvalue weighted by Gasteiger charge is 2.25. The van der Waals surface area contributed by atoms with E-state index in [0.29, 0.717) is 5.92 Å². The Bertz CT molecular complexity index is 273. The highest BCUT2D eigenvalue weighted by molar-refractivity contribution is 5.32. The molecule has 0 aromatic heterocycles. The van der Waals surface area contributed by atoms with Crippen molar-refractivity contribution >= 4 is 0 Å². The standard InChI is InChI=1S/C11H15NO/c1-8(13-12)11-6-9-4-2-3-5-10(9)7-11/h2-5,8,11H,6-7,12H2,1H3. The summed E-state index contributed by atoms with van der Waals surface area (Å²) in [6.45, 7) is 2.04. The van der Waals surface area contributed by atoms with Crippen molar-refractivity contribution in [2.24, 2.45) is 11.8 Å². The molecule has 1 aliphatic rings. The van der Waals surface area contributed by atoms with E-state index in [9.17, 15) is 0 Å². The summed E-state index contributed by atoms with van der Waals surface area (Å²) in [5.41, 5.74) is 2.91. The first-order chi connectivity index (χ1) is 6.31. The van der Waals surface area contributed by atoms with Gasteiger partial charge < -0.3 is 4.84 Å². The number of fused-ring (bicyclic) bond motifs is 1. The molecule has 0 spiro atoms. The van der Waals surface area contributed by atoms with Crippen molar-refractivity contribution < 1.29 is 4.84 Å². The Balaban J connectivity index is 2.14. The van der Waals surface area contributed by atoms with Gasteiger partial charge in [0.05, 0.1) is 6.10 Å². The fourth-order valence-electron chi connectivity index (χ4n) is 2.04. The topological polar surface area (TPSA) is 35.2 Å². The van der Waals surface area contributed by atoms with E-state index in [1.54, 1.807) is 0 Å². The molecule has 1 aromatic carbocycles. The Kier molecular flexibility index (Phi) is 2.34. The number of nitrogens with two attached hydrogens (primary N) is 1. The van der Waals surface area contributed by atoms with Gasteiger partial charge in [0, 0.05) is 0 Å². The fourth-order valence-corrected chi connectivity index (χ4v) is 2.04. The second-order valence-electron chi connectivity index (χ2n) is 3.78. The van der Waals surface area contributed by atoms with E-state index >= 15 is 0 Å². The van der Waals surface area contributed by atoms with Crippen molar-refractivity contribution in [1.29, 1.82) is 0 Å². The number of rotatable bonds is 2. The lowest BCUT2D eigenvalue weighted by molar-refractivity contribution is 0.0272. The molecule has 1 unspecified atom stereocenters. The smallest absolute Gasteiger partial charge is 0.0793 e. The summed E-state index contributed by atoms with van der Waals surface area (Å²) in [7, 11) is 0. The Hall–Kier alpha value is -0.860. The molecule has 0 heterocycles. The van der Waals surface area contributed by atoms with Crippen LogP contribution in [0.4, 0.5) is 0 Å². The van der Waals surface area contributed by atoms with Crippen molar-refractivity contribution in [2.45, 2.75) is 25.9 Å². The monoisotopic (exact) mass is 177 g/mol. The average Bonchev–Trinajstić information content (AvgIpc) is 2.59. The highest BCUT2D eigenvalue weighted by atomic mass is 16.6. The normalized spacial score (nSPS) is 18.6. The minimum absolute atomic E-state index is 0.160. The highest BCUT2D eigenvalue weighted by Crippen LogP contribution is 2.29. The predicted molar refractivity (Wildman–Crippen MR) is 52.1 cm³/mol. The van der Waals surface area contributed by atoms with Gasteiger partial charge in [-0.05, 0) is 36.8 Å². The molecule has 70 valence electrons. The molecule has 2 nitrogen and oxygen atoms in total. The van der Waals surface area contributed by atoms with E-state index < -0.39 is 0 Å². The van der Waals surface area contributed by atoms with Gasteiger partial charge in [0.1, 0.15) is 0 Å². The SMILES string of the molecule is CC(ON)C1Cc2ccccc2C1. The molecule has 0 amide bonds. The van der Waals surface area contributed by atoms with Crippen LogP contribution >= 0.6 is 0 Å². The van der Waals surface area contributed by atoms with Crippen LogP contribution in [0.3, 0.4) is 0 Å². The average molecular weight is 177 g/mol. The van der Waals surface area contributed by atoms with Crippen molar-refractivity contribution in [1.82, 2.24) is 0 Å². The van der Waals surface area contributed by atoms with Crippen molar-refractivity contribution in [3.05, 3.63) is 35.4 Å². The molecule has 2 rings (SSSR count). The van der Waals surface area contributed by atoms with E-state index in [1.165, 1.54) is 11.1 Å². The van der Waals surface area contributed by atoms with Gasteiger partial charge in [-0.3, -0.25) is 0 Å². The quantitative estimate of drug-likeness (QED) is 0.697. The molecule has 1 aromatic rings. The van der Waals surface area contributed by atoms with E-state index in [-0.39, 0.29) is 6.10 Å². The Morgan fingerprint density at radius 2 is 1.85 bits per heavy atom. The van der Waals surface area contributed by atoms with Crippen LogP contribution in [0.1, 0.15) is 18.1 Å². The molecule has 0 aliphatic heterocycles. The van der Waals surface area contributed by atoms with E-state index in [0.717, 1.165) is 12.8 Å². The van der Waals surface area contributed by atoms with Gasteiger partial charge in [0.2, 0.25) is 0 Å². The molecule has 1 atom stereocenters. The zero-order valence-electron chi connectivity index (χ0n) is 7.86. The molecule has 13 heavy (non-hydrogen) atoms. The van der Waals surface area contributed by atoms with Gasteiger partial charge in [-0.25, -0.2) is 5.90 Å². The molecule has 0 saturated heterocycles. The van der Waals surface area contributed by atoms with Crippen LogP contribution in [0.2, 0.25) is 0 Å². The van der Waals surface area contributed by atoms with Crippen LogP contribution in [0.25, 0.3) is 0 Å². The van der Waals surface area contributed by atoms with Crippen molar-refractivity contribution in [3.8, 4) is 0 Å². The van der Waals surface area contributed by atoms with E-state index in [4.69, 9.17) is 10.7 Å². The van der Waals surface area contributed by atoms with Crippen LogP contribution in [0.15, 0.2) is 24.3 Å². The molecule has 2 heteroatoms. The maximum absolute atomic E-state index is 5.19. The summed E-state index contributed by atoms with van der Waals surface area (Å²) in [5.74, 6) is 5.74. The van der Waals surface area contributed by atoms with Gasteiger partial charge in [-0.15, -0.1) is 0 Å². The van der Waals surface area contributed by atoms with Crippen LogP contribution < -0.4 is 5.90 Å². The fraction of sp³-hybridized carbons (Fsp3) is 0.455. The van der Waals surface area contributed by atoms with Crippen LogP contribution in [0.5, 0.6) is 0 Å². The van der Waals surface area contributed by atoms with Crippen LogP contribution in [-0.4, -0.2) is 6.10 Å². The molecular weight excluding hydrogens is 162 g/mol. The molecule has 2 N–H and O–H groups in total.